The molecule has 174 valence electrons. The molecule has 0 atom stereocenters. The number of anilines is 2. The standard InChI is InChI=1S/C26H26N4O4/c1-3-19-8-12-21(13-9-19)28-24(31)17-34-22-14-10-20(11-15-22)16-27-30-26(33)25(32)29-23-7-5-4-6-18(23)2/h4-16H,3,17H2,1-2H3,(H,28,31)(H,29,32)(H,30,33)/b27-16-. The molecule has 3 aromatic rings. The van der Waals surface area contributed by atoms with Gasteiger partial charge in [-0.3, -0.25) is 14.4 Å². The predicted octanol–water partition coefficient (Wildman–Crippen LogP) is 3.66. The van der Waals surface area contributed by atoms with E-state index in [1.807, 2.05) is 43.3 Å². The first kappa shape index (κ1) is 24.2. The van der Waals surface area contributed by atoms with Crippen LogP contribution in [0.2, 0.25) is 0 Å². The molecule has 0 aromatic heterocycles. The molecule has 3 rings (SSSR count). The highest BCUT2D eigenvalue weighted by molar-refractivity contribution is 6.39. The lowest BCUT2D eigenvalue weighted by Crippen LogP contribution is -2.32. The molecule has 0 radical (unpaired) electrons. The summed E-state index contributed by atoms with van der Waals surface area (Å²) in [5.41, 5.74) is 6.18. The topological polar surface area (TPSA) is 109 Å². The average molecular weight is 459 g/mol. The number of aryl methyl sites for hydroxylation is 2. The fourth-order valence-electron chi connectivity index (χ4n) is 2.93. The van der Waals surface area contributed by atoms with E-state index >= 15 is 0 Å². The molecule has 0 unspecified atom stereocenters. The summed E-state index contributed by atoms with van der Waals surface area (Å²) in [5, 5.41) is 9.12. The number of carbonyl (C=O) groups is 3. The van der Waals surface area contributed by atoms with E-state index in [2.05, 4.69) is 28.1 Å². The van der Waals surface area contributed by atoms with E-state index in [0.717, 1.165) is 12.0 Å². The van der Waals surface area contributed by atoms with Crippen molar-refractivity contribution in [3.05, 3.63) is 89.5 Å². The first-order valence-corrected chi connectivity index (χ1v) is 10.8. The summed E-state index contributed by atoms with van der Waals surface area (Å²) in [6.45, 7) is 3.77. The SMILES string of the molecule is CCc1ccc(NC(=O)COc2ccc(/C=N\NC(=O)C(=O)Nc3ccccc3C)cc2)cc1. The highest BCUT2D eigenvalue weighted by Crippen LogP contribution is 2.14. The number of carbonyl (C=O) groups excluding carboxylic acids is 3. The Balaban J connectivity index is 1.42. The van der Waals surface area contributed by atoms with Crippen LogP contribution in [0.15, 0.2) is 77.9 Å². The minimum absolute atomic E-state index is 0.130. The van der Waals surface area contributed by atoms with Crippen LogP contribution in [0, 0.1) is 6.92 Å². The van der Waals surface area contributed by atoms with Crippen LogP contribution in [-0.2, 0) is 20.8 Å². The molecule has 0 spiro atoms. The van der Waals surface area contributed by atoms with Gasteiger partial charge in [0, 0.05) is 11.4 Å². The van der Waals surface area contributed by atoms with Crippen LogP contribution >= 0.6 is 0 Å². The van der Waals surface area contributed by atoms with Gasteiger partial charge in [-0.15, -0.1) is 0 Å². The molecule has 8 heteroatoms. The number of hydrogen-bond acceptors (Lipinski definition) is 5. The second-order valence-corrected chi connectivity index (χ2v) is 7.42. The van der Waals surface area contributed by atoms with Gasteiger partial charge in [-0.1, -0.05) is 37.3 Å². The summed E-state index contributed by atoms with van der Waals surface area (Å²) in [6, 6.07) is 21.6. The van der Waals surface area contributed by atoms with Crippen molar-refractivity contribution in [2.24, 2.45) is 5.10 Å². The van der Waals surface area contributed by atoms with Gasteiger partial charge in [-0.2, -0.15) is 5.10 Å². The second kappa shape index (κ2) is 12.0. The van der Waals surface area contributed by atoms with E-state index in [9.17, 15) is 14.4 Å². The fraction of sp³-hybridized carbons (Fsp3) is 0.154. The molecule has 3 N–H and O–H groups in total. The highest BCUT2D eigenvalue weighted by atomic mass is 16.5. The largest absolute Gasteiger partial charge is 0.484 e. The first-order chi connectivity index (χ1) is 16.4. The molecular weight excluding hydrogens is 432 g/mol. The Morgan fingerprint density at radius 3 is 2.26 bits per heavy atom. The molecular formula is C26H26N4O4. The number of nitrogens with zero attached hydrogens (tertiary/aromatic N) is 1. The van der Waals surface area contributed by atoms with E-state index in [0.29, 0.717) is 22.7 Å². The molecule has 0 saturated carbocycles. The Morgan fingerprint density at radius 2 is 1.59 bits per heavy atom. The third-order valence-electron chi connectivity index (χ3n) is 4.88. The lowest BCUT2D eigenvalue weighted by molar-refractivity contribution is -0.136. The van der Waals surface area contributed by atoms with Gasteiger partial charge in [0.25, 0.3) is 5.91 Å². The normalized spacial score (nSPS) is 10.5. The number of benzene rings is 3. The summed E-state index contributed by atoms with van der Waals surface area (Å²) in [4.78, 5) is 36.0. The Labute approximate surface area is 198 Å². The van der Waals surface area contributed by atoms with Gasteiger partial charge in [0.1, 0.15) is 5.75 Å². The van der Waals surface area contributed by atoms with Gasteiger partial charge in [-0.25, -0.2) is 5.43 Å². The van der Waals surface area contributed by atoms with Gasteiger partial charge in [0.2, 0.25) is 0 Å². The average Bonchev–Trinajstić information content (AvgIpc) is 2.85. The van der Waals surface area contributed by atoms with Crippen LogP contribution in [-0.4, -0.2) is 30.5 Å². The van der Waals surface area contributed by atoms with E-state index < -0.39 is 11.8 Å². The Morgan fingerprint density at radius 1 is 0.882 bits per heavy atom. The van der Waals surface area contributed by atoms with Crippen LogP contribution in [0.5, 0.6) is 5.75 Å². The maximum Gasteiger partial charge on any atom is 0.329 e. The minimum atomic E-state index is -0.880. The first-order valence-electron chi connectivity index (χ1n) is 10.8. The smallest absolute Gasteiger partial charge is 0.329 e. The third kappa shape index (κ3) is 7.30. The Bertz CT molecular complexity index is 1170. The number of hydrogen-bond donors (Lipinski definition) is 3. The molecule has 34 heavy (non-hydrogen) atoms. The van der Waals surface area contributed by atoms with Crippen LogP contribution in [0.1, 0.15) is 23.6 Å². The summed E-state index contributed by atoms with van der Waals surface area (Å²) < 4.78 is 5.50. The van der Waals surface area contributed by atoms with Crippen molar-refractivity contribution in [2.75, 3.05) is 17.2 Å². The molecule has 3 amide bonds. The summed E-state index contributed by atoms with van der Waals surface area (Å²) in [5.74, 6) is -1.44. The van der Waals surface area contributed by atoms with Crippen molar-refractivity contribution in [1.29, 1.82) is 0 Å². The quantitative estimate of drug-likeness (QED) is 0.272. The number of nitrogens with one attached hydrogen (secondary N) is 3. The minimum Gasteiger partial charge on any atom is -0.484 e. The van der Waals surface area contributed by atoms with Crippen molar-refractivity contribution in [3.63, 3.8) is 0 Å². The van der Waals surface area contributed by atoms with Crippen molar-refractivity contribution in [3.8, 4) is 5.75 Å². The van der Waals surface area contributed by atoms with Crippen LogP contribution in [0.4, 0.5) is 11.4 Å². The molecule has 0 aliphatic rings. The van der Waals surface area contributed by atoms with E-state index in [-0.39, 0.29) is 12.5 Å². The molecule has 8 nitrogen and oxygen atoms in total. The lowest BCUT2D eigenvalue weighted by Gasteiger charge is -2.08. The van der Waals surface area contributed by atoms with Gasteiger partial charge < -0.3 is 15.4 Å². The zero-order chi connectivity index (χ0) is 24.3. The van der Waals surface area contributed by atoms with Gasteiger partial charge in [-0.05, 0) is 72.5 Å². The van der Waals surface area contributed by atoms with Crippen molar-refractivity contribution in [2.45, 2.75) is 20.3 Å². The maximum absolute atomic E-state index is 12.1. The fourth-order valence-corrected chi connectivity index (χ4v) is 2.93. The highest BCUT2D eigenvalue weighted by Gasteiger charge is 2.13. The van der Waals surface area contributed by atoms with Gasteiger partial charge >= 0.3 is 11.8 Å². The van der Waals surface area contributed by atoms with E-state index in [4.69, 9.17) is 4.74 Å². The zero-order valence-electron chi connectivity index (χ0n) is 19.0. The van der Waals surface area contributed by atoms with E-state index in [1.165, 1.54) is 11.8 Å². The van der Waals surface area contributed by atoms with Crippen molar-refractivity contribution >= 4 is 35.3 Å². The van der Waals surface area contributed by atoms with Crippen LogP contribution < -0.4 is 20.8 Å². The number of rotatable bonds is 8. The van der Waals surface area contributed by atoms with Crippen LogP contribution in [0.3, 0.4) is 0 Å². The number of ether oxygens (including phenoxy) is 1. The third-order valence-corrected chi connectivity index (χ3v) is 4.88. The molecule has 0 bridgehead atoms. The molecule has 0 saturated heterocycles. The van der Waals surface area contributed by atoms with Crippen LogP contribution in [0.25, 0.3) is 0 Å². The second-order valence-electron chi connectivity index (χ2n) is 7.42. The lowest BCUT2D eigenvalue weighted by atomic mass is 10.1. The molecule has 0 fully saturated rings. The monoisotopic (exact) mass is 458 g/mol. The molecule has 0 aliphatic carbocycles. The summed E-state index contributed by atoms with van der Waals surface area (Å²) in [6.07, 6.45) is 2.34. The van der Waals surface area contributed by atoms with Gasteiger partial charge in [0.15, 0.2) is 6.61 Å². The number of hydrazone groups is 1. The van der Waals surface area contributed by atoms with E-state index in [1.54, 1.807) is 36.4 Å². The van der Waals surface area contributed by atoms with Crippen molar-refractivity contribution in [1.82, 2.24) is 5.43 Å². The molecule has 0 heterocycles. The van der Waals surface area contributed by atoms with Gasteiger partial charge in [0.05, 0.1) is 6.21 Å². The molecule has 0 aliphatic heterocycles. The number of amides is 3. The Hall–Kier alpha value is -4.46. The molecule has 3 aromatic carbocycles. The zero-order valence-corrected chi connectivity index (χ0v) is 19.0. The summed E-state index contributed by atoms with van der Waals surface area (Å²) >= 11 is 0. The maximum atomic E-state index is 12.1. The summed E-state index contributed by atoms with van der Waals surface area (Å²) in [7, 11) is 0. The van der Waals surface area contributed by atoms with Crippen molar-refractivity contribution < 1.29 is 19.1 Å². The Kier molecular flexibility index (Phi) is 8.51. The predicted molar refractivity (Wildman–Crippen MR) is 132 cm³/mol. The number of para-hydroxylation sites is 1.